The van der Waals surface area contributed by atoms with Crippen molar-refractivity contribution in [2.75, 3.05) is 26.3 Å². The molecule has 0 aromatic heterocycles. The molecule has 1 amide bonds. The molecule has 0 unspecified atom stereocenters. The van der Waals surface area contributed by atoms with Gasteiger partial charge in [-0.05, 0) is 61.4 Å². The Morgan fingerprint density at radius 3 is 2.16 bits per heavy atom. The highest BCUT2D eigenvalue weighted by Gasteiger charge is 2.45. The fourth-order valence-electron chi connectivity index (χ4n) is 4.98. The first kappa shape index (κ1) is 34.0. The van der Waals surface area contributed by atoms with Gasteiger partial charge in [-0.1, -0.05) is 47.0 Å². The Kier molecular flexibility index (Phi) is 9.68. The molecule has 44 heavy (non-hydrogen) atoms. The van der Waals surface area contributed by atoms with E-state index >= 15 is 0 Å². The van der Waals surface area contributed by atoms with E-state index in [0.717, 1.165) is 0 Å². The van der Waals surface area contributed by atoms with Gasteiger partial charge in [-0.2, -0.15) is 34.8 Å². The molecule has 1 aliphatic heterocycles. The minimum absolute atomic E-state index is 0.0178. The summed E-state index contributed by atoms with van der Waals surface area (Å²) in [6, 6.07) is 9.75. The molecule has 15 heteroatoms. The van der Waals surface area contributed by atoms with Crippen molar-refractivity contribution >= 4 is 39.2 Å². The van der Waals surface area contributed by atoms with Gasteiger partial charge in [-0.3, -0.25) is 8.98 Å². The number of amides is 1. The Morgan fingerprint density at radius 2 is 1.59 bits per heavy atom. The third kappa shape index (κ3) is 7.17. The lowest BCUT2D eigenvalue weighted by Gasteiger charge is -2.44. The van der Waals surface area contributed by atoms with E-state index in [-0.39, 0.29) is 52.9 Å². The van der Waals surface area contributed by atoms with Crippen molar-refractivity contribution in [3.8, 4) is 0 Å². The number of carbonyl (C=O) groups excluding carboxylic acids is 1. The summed E-state index contributed by atoms with van der Waals surface area (Å²) in [6.07, 6.45) is -11.0. The van der Waals surface area contributed by atoms with Crippen LogP contribution in [0.3, 0.4) is 0 Å². The molecule has 0 bridgehead atoms. The zero-order valence-corrected chi connectivity index (χ0v) is 25.5. The van der Waals surface area contributed by atoms with E-state index < -0.39 is 57.1 Å². The maximum atomic E-state index is 13.5. The average molecular weight is 684 g/mol. The van der Waals surface area contributed by atoms with E-state index in [0.29, 0.717) is 23.3 Å². The van der Waals surface area contributed by atoms with Crippen LogP contribution in [-0.4, -0.2) is 45.5 Å². The van der Waals surface area contributed by atoms with E-state index in [4.69, 9.17) is 32.1 Å². The van der Waals surface area contributed by atoms with Crippen molar-refractivity contribution in [2.45, 2.75) is 43.1 Å². The normalized spacial score (nSPS) is 18.0. The van der Waals surface area contributed by atoms with Crippen molar-refractivity contribution in [3.63, 3.8) is 0 Å². The van der Waals surface area contributed by atoms with Gasteiger partial charge in [-0.15, -0.1) is 0 Å². The van der Waals surface area contributed by atoms with Crippen molar-refractivity contribution in [1.82, 2.24) is 4.90 Å². The van der Waals surface area contributed by atoms with Crippen LogP contribution in [0.4, 0.5) is 26.3 Å². The SMILES string of the molecule is CCOS(=O)(=O)c1ccc(C)cc1[C@]1(c2ccc(Cl)c(Cl)c2)CN(C(=O)Cc2cc(C(F)(F)F)cc(C(F)(F)F)c2)CCO1. The molecule has 238 valence electrons. The maximum absolute atomic E-state index is 13.5. The van der Waals surface area contributed by atoms with Crippen LogP contribution in [-0.2, 0) is 48.2 Å². The second-order valence-corrected chi connectivity index (χ2v) is 12.5. The van der Waals surface area contributed by atoms with Crippen molar-refractivity contribution in [3.05, 3.63) is 98.0 Å². The lowest BCUT2D eigenvalue weighted by molar-refractivity contribution is -0.147. The Labute approximate surface area is 259 Å². The molecule has 1 heterocycles. The fraction of sp³-hybridized carbons (Fsp3) is 0.345. The summed E-state index contributed by atoms with van der Waals surface area (Å²) in [5.74, 6) is -0.813. The molecule has 0 radical (unpaired) electrons. The molecule has 0 saturated carbocycles. The highest BCUT2D eigenvalue weighted by molar-refractivity contribution is 7.86. The van der Waals surface area contributed by atoms with Crippen LogP contribution in [0.2, 0.25) is 10.0 Å². The number of hydrogen-bond donors (Lipinski definition) is 0. The predicted octanol–water partition coefficient (Wildman–Crippen LogP) is 7.41. The van der Waals surface area contributed by atoms with Gasteiger partial charge in [0.1, 0.15) is 10.5 Å². The second kappa shape index (κ2) is 12.5. The molecule has 1 fully saturated rings. The van der Waals surface area contributed by atoms with Gasteiger partial charge in [0.05, 0.1) is 47.4 Å². The monoisotopic (exact) mass is 683 g/mol. The number of aryl methyl sites for hydroxylation is 1. The highest BCUT2D eigenvalue weighted by atomic mass is 35.5. The number of rotatable bonds is 7. The van der Waals surface area contributed by atoms with Gasteiger partial charge in [-0.25, -0.2) is 0 Å². The van der Waals surface area contributed by atoms with Crippen LogP contribution in [0.1, 0.15) is 40.3 Å². The molecule has 1 atom stereocenters. The van der Waals surface area contributed by atoms with E-state index in [1.54, 1.807) is 6.92 Å². The van der Waals surface area contributed by atoms with Crippen molar-refractivity contribution < 1.29 is 48.5 Å². The fourth-order valence-corrected chi connectivity index (χ4v) is 6.44. The average Bonchev–Trinajstić information content (AvgIpc) is 2.93. The number of ether oxygens (including phenoxy) is 1. The first-order valence-corrected chi connectivity index (χ1v) is 15.2. The zero-order valence-electron chi connectivity index (χ0n) is 23.2. The largest absolute Gasteiger partial charge is 0.416 e. The van der Waals surface area contributed by atoms with E-state index in [1.807, 2.05) is 0 Å². The highest BCUT2D eigenvalue weighted by Crippen LogP contribution is 2.43. The minimum atomic E-state index is -5.09. The van der Waals surface area contributed by atoms with Gasteiger partial charge in [0.15, 0.2) is 0 Å². The number of benzene rings is 3. The summed E-state index contributed by atoms with van der Waals surface area (Å²) in [4.78, 5) is 14.5. The summed E-state index contributed by atoms with van der Waals surface area (Å²) >= 11 is 12.4. The van der Waals surface area contributed by atoms with Crippen LogP contribution in [0.15, 0.2) is 59.5 Å². The third-order valence-corrected chi connectivity index (χ3v) is 9.16. The summed E-state index contributed by atoms with van der Waals surface area (Å²) in [6.45, 7) is 2.36. The summed E-state index contributed by atoms with van der Waals surface area (Å²) in [5.41, 5.74) is -4.31. The topological polar surface area (TPSA) is 72.9 Å². The Hall–Kier alpha value is -2.84. The number of halogens is 8. The number of nitrogens with zero attached hydrogens (tertiary/aromatic N) is 1. The molecule has 0 N–H and O–H groups in total. The Bertz CT molecular complexity index is 1650. The third-order valence-electron chi connectivity index (χ3n) is 6.98. The van der Waals surface area contributed by atoms with Gasteiger partial charge < -0.3 is 9.64 Å². The van der Waals surface area contributed by atoms with Crippen LogP contribution in [0.5, 0.6) is 0 Å². The second-order valence-electron chi connectivity index (χ2n) is 10.1. The van der Waals surface area contributed by atoms with Crippen LogP contribution in [0, 0.1) is 6.92 Å². The van der Waals surface area contributed by atoms with E-state index in [9.17, 15) is 39.6 Å². The van der Waals surface area contributed by atoms with Crippen molar-refractivity contribution in [1.29, 1.82) is 0 Å². The predicted molar refractivity (Wildman–Crippen MR) is 150 cm³/mol. The molecular weight excluding hydrogens is 659 g/mol. The molecule has 1 saturated heterocycles. The van der Waals surface area contributed by atoms with Gasteiger partial charge in [0.25, 0.3) is 10.1 Å². The quantitative estimate of drug-likeness (QED) is 0.192. The summed E-state index contributed by atoms with van der Waals surface area (Å²) < 4.78 is 118. The molecular formula is C29H25Cl2F6NO5S. The smallest absolute Gasteiger partial charge is 0.362 e. The number of morpholine rings is 1. The van der Waals surface area contributed by atoms with Gasteiger partial charge >= 0.3 is 12.4 Å². The first-order valence-electron chi connectivity index (χ1n) is 13.0. The number of carbonyl (C=O) groups is 1. The molecule has 1 aliphatic rings. The lowest BCUT2D eigenvalue weighted by Crippen LogP contribution is -2.53. The Balaban J connectivity index is 1.83. The zero-order chi connectivity index (χ0) is 32.7. The molecule has 0 spiro atoms. The standard InChI is InChI=1S/C29H25Cl2F6NO5S/c1-3-43-44(40,41)25-7-4-17(2)10-22(25)27(19-5-6-23(30)24(31)15-19)16-38(8-9-42-27)26(39)13-18-11-20(28(32,33)34)14-21(12-18)29(35,36)37/h4-7,10-12,14-15H,3,8-9,13,16H2,1-2H3/t27-/m1/s1. The molecule has 4 rings (SSSR count). The first-order chi connectivity index (χ1) is 20.4. The number of hydrogen-bond acceptors (Lipinski definition) is 5. The van der Waals surface area contributed by atoms with Crippen LogP contribution < -0.4 is 0 Å². The van der Waals surface area contributed by atoms with E-state index in [2.05, 4.69) is 0 Å². The summed E-state index contributed by atoms with van der Waals surface area (Å²) in [7, 11) is -4.35. The van der Waals surface area contributed by atoms with Gasteiger partial charge in [0.2, 0.25) is 5.91 Å². The molecule has 3 aromatic rings. The minimum Gasteiger partial charge on any atom is -0.362 e. The van der Waals surface area contributed by atoms with Crippen LogP contribution >= 0.6 is 23.2 Å². The Morgan fingerprint density at radius 1 is 0.955 bits per heavy atom. The number of alkyl halides is 6. The molecule has 0 aliphatic carbocycles. The molecule has 3 aromatic carbocycles. The van der Waals surface area contributed by atoms with Crippen LogP contribution in [0.25, 0.3) is 0 Å². The molecule has 6 nitrogen and oxygen atoms in total. The van der Waals surface area contributed by atoms with Gasteiger partial charge in [0, 0.05) is 12.1 Å². The van der Waals surface area contributed by atoms with E-state index in [1.165, 1.54) is 48.2 Å². The maximum Gasteiger partial charge on any atom is 0.416 e. The van der Waals surface area contributed by atoms with Crippen molar-refractivity contribution in [2.24, 2.45) is 0 Å². The summed E-state index contributed by atoms with van der Waals surface area (Å²) in [5, 5.41) is 0.256. The lowest BCUT2D eigenvalue weighted by atomic mass is 9.83.